The largest absolute Gasteiger partial charge is 0.462 e. The van der Waals surface area contributed by atoms with Crippen molar-refractivity contribution in [2.45, 2.75) is 46.6 Å². The summed E-state index contributed by atoms with van der Waals surface area (Å²) >= 11 is 0. The molecular weight excluding hydrogens is 260 g/mol. The Kier molecular flexibility index (Phi) is 31.3. The molecule has 6 heteroatoms. The normalized spacial score (nSPS) is 8.65. The van der Waals surface area contributed by atoms with Gasteiger partial charge in [-0.25, -0.2) is 9.78 Å². The van der Waals surface area contributed by atoms with Crippen molar-refractivity contribution in [1.29, 1.82) is 5.26 Å². The van der Waals surface area contributed by atoms with Gasteiger partial charge >= 0.3 is 0 Å². The van der Waals surface area contributed by atoms with Crippen molar-refractivity contribution >= 4 is 6.47 Å². The summed E-state index contributed by atoms with van der Waals surface area (Å²) in [7, 11) is 7.09. The molecule has 0 bridgehead atoms. The first-order valence-corrected chi connectivity index (χ1v) is 6.30. The molecule has 0 unspecified atom stereocenters. The monoisotopic (exact) mass is 292 g/mol. The molecule has 0 aromatic rings. The molecule has 0 amide bonds. The quantitative estimate of drug-likeness (QED) is 0.450. The van der Waals surface area contributed by atoms with Crippen molar-refractivity contribution in [1.82, 2.24) is 4.90 Å². The molecule has 0 spiro atoms. The fourth-order valence-electron chi connectivity index (χ4n) is 0.592. The van der Waals surface area contributed by atoms with Crippen LogP contribution >= 0.6 is 0 Å². The first kappa shape index (κ1) is 27.2. The lowest BCUT2D eigenvalue weighted by atomic mass is 10.2. The Morgan fingerprint density at radius 1 is 1.20 bits per heavy atom. The van der Waals surface area contributed by atoms with Crippen LogP contribution in [0.4, 0.5) is 0 Å². The van der Waals surface area contributed by atoms with E-state index in [9.17, 15) is 4.79 Å². The minimum atomic E-state index is -0.318. The van der Waals surface area contributed by atoms with Gasteiger partial charge in [-0.1, -0.05) is 6.92 Å². The predicted octanol–water partition coefficient (Wildman–Crippen LogP) is 2.64. The number of ether oxygens (including phenoxy) is 1. The van der Waals surface area contributed by atoms with Gasteiger partial charge in [0.05, 0.1) is 20.3 Å². The zero-order chi connectivity index (χ0) is 17.0. The van der Waals surface area contributed by atoms with E-state index in [1.807, 2.05) is 20.8 Å². The molecule has 0 aromatic carbocycles. The van der Waals surface area contributed by atoms with Gasteiger partial charge in [-0.15, -0.1) is 0 Å². The second-order valence-electron chi connectivity index (χ2n) is 4.69. The van der Waals surface area contributed by atoms with Crippen molar-refractivity contribution in [2.75, 3.05) is 34.9 Å². The summed E-state index contributed by atoms with van der Waals surface area (Å²) in [6, 6.07) is 1.75. The standard InChI is InChI=1S/C5H13N.C5H10O2.C2H3N.C2H6O2/c1-4-5-6(2)3;1-5(2,3)7-4-6;1-2-3;1-3-4-2/h4-5H2,1-3H3;4H,1-3H3;1H3;1-2H3. The van der Waals surface area contributed by atoms with Gasteiger partial charge in [0.15, 0.2) is 0 Å². The Hall–Kier alpha value is -1.16. The number of rotatable bonds is 4. The van der Waals surface area contributed by atoms with Crippen LogP contribution in [0.15, 0.2) is 0 Å². The average molecular weight is 292 g/mol. The van der Waals surface area contributed by atoms with E-state index in [-0.39, 0.29) is 5.60 Å². The first-order valence-electron chi connectivity index (χ1n) is 6.30. The van der Waals surface area contributed by atoms with Crippen LogP contribution in [0.2, 0.25) is 0 Å². The second kappa shape index (κ2) is 23.0. The van der Waals surface area contributed by atoms with Crippen LogP contribution in [0.1, 0.15) is 41.0 Å². The molecule has 6 nitrogen and oxygen atoms in total. The Labute approximate surface area is 124 Å². The topological polar surface area (TPSA) is 71.8 Å². The van der Waals surface area contributed by atoms with Gasteiger partial charge in [-0.2, -0.15) is 5.26 Å². The molecule has 20 heavy (non-hydrogen) atoms. The molecule has 0 radical (unpaired) electrons. The zero-order valence-corrected chi connectivity index (χ0v) is 14.5. The van der Waals surface area contributed by atoms with E-state index in [0.29, 0.717) is 6.47 Å². The highest BCUT2D eigenvalue weighted by atomic mass is 17.2. The lowest BCUT2D eigenvalue weighted by Crippen LogP contribution is -2.17. The zero-order valence-electron chi connectivity index (χ0n) is 14.5. The van der Waals surface area contributed by atoms with Gasteiger partial charge in [-0.3, -0.25) is 4.79 Å². The van der Waals surface area contributed by atoms with Crippen LogP contribution in [-0.2, 0) is 19.3 Å². The molecular formula is C14H32N2O4. The summed E-state index contributed by atoms with van der Waals surface area (Å²) < 4.78 is 4.55. The van der Waals surface area contributed by atoms with Crippen LogP contribution in [-0.4, -0.2) is 51.8 Å². The van der Waals surface area contributed by atoms with E-state index in [1.54, 1.807) is 6.07 Å². The summed E-state index contributed by atoms with van der Waals surface area (Å²) in [5.74, 6) is 0. The van der Waals surface area contributed by atoms with E-state index in [2.05, 4.69) is 40.4 Å². The van der Waals surface area contributed by atoms with Crippen LogP contribution in [0, 0.1) is 11.3 Å². The van der Waals surface area contributed by atoms with Gasteiger partial charge in [0, 0.05) is 6.92 Å². The summed E-state index contributed by atoms with van der Waals surface area (Å²) in [5.41, 5.74) is -0.318. The minimum Gasteiger partial charge on any atom is -0.462 e. The molecule has 0 heterocycles. The number of carbonyl (C=O) groups excluding carboxylic acids is 1. The molecule has 0 fully saturated rings. The Balaban J connectivity index is -0.0000000899. The Bertz CT molecular complexity index is 206. The number of hydrogen-bond acceptors (Lipinski definition) is 6. The third-order valence-electron chi connectivity index (χ3n) is 1.24. The van der Waals surface area contributed by atoms with Crippen LogP contribution < -0.4 is 0 Å². The van der Waals surface area contributed by atoms with Gasteiger partial charge in [0.25, 0.3) is 6.47 Å². The molecule has 0 saturated heterocycles. The fraction of sp³-hybridized carbons (Fsp3) is 0.857. The summed E-state index contributed by atoms with van der Waals surface area (Å²) in [6.45, 7) is 10.7. The lowest BCUT2D eigenvalue weighted by molar-refractivity contribution is -0.248. The third kappa shape index (κ3) is 90.3. The minimum absolute atomic E-state index is 0.318. The molecule has 0 saturated carbocycles. The van der Waals surface area contributed by atoms with Gasteiger partial charge in [0.1, 0.15) is 5.60 Å². The van der Waals surface area contributed by atoms with Gasteiger partial charge in [0.2, 0.25) is 0 Å². The number of nitrogens with zero attached hydrogens (tertiary/aromatic N) is 2. The van der Waals surface area contributed by atoms with Crippen molar-refractivity contribution in [3.05, 3.63) is 0 Å². The fourth-order valence-corrected chi connectivity index (χ4v) is 0.592. The van der Waals surface area contributed by atoms with Crippen LogP contribution in [0.5, 0.6) is 0 Å². The average Bonchev–Trinajstić information content (AvgIpc) is 2.29. The maximum Gasteiger partial charge on any atom is 0.293 e. The second-order valence-corrected chi connectivity index (χ2v) is 4.69. The third-order valence-corrected chi connectivity index (χ3v) is 1.24. The van der Waals surface area contributed by atoms with Gasteiger partial charge in [-0.05, 0) is 47.8 Å². The molecule has 0 N–H and O–H groups in total. The molecule has 0 aliphatic carbocycles. The number of nitriles is 1. The van der Waals surface area contributed by atoms with E-state index in [0.717, 1.165) is 0 Å². The molecule has 0 aliphatic heterocycles. The summed E-state index contributed by atoms with van der Waals surface area (Å²) in [5, 5.41) is 7.32. The van der Waals surface area contributed by atoms with E-state index in [1.165, 1.54) is 34.1 Å². The van der Waals surface area contributed by atoms with Gasteiger partial charge < -0.3 is 9.64 Å². The van der Waals surface area contributed by atoms with Crippen molar-refractivity contribution in [3.8, 4) is 6.07 Å². The maximum absolute atomic E-state index is 9.60. The van der Waals surface area contributed by atoms with E-state index < -0.39 is 0 Å². The highest BCUT2D eigenvalue weighted by Gasteiger charge is 2.07. The van der Waals surface area contributed by atoms with Crippen LogP contribution in [0.25, 0.3) is 0 Å². The van der Waals surface area contributed by atoms with Crippen LogP contribution in [0.3, 0.4) is 0 Å². The van der Waals surface area contributed by atoms with E-state index >= 15 is 0 Å². The SMILES string of the molecule is CC#N.CC(C)(C)OC=O.CCCN(C)C.COOC. The Morgan fingerprint density at radius 2 is 1.55 bits per heavy atom. The maximum atomic E-state index is 9.60. The predicted molar refractivity (Wildman–Crippen MR) is 81.1 cm³/mol. The van der Waals surface area contributed by atoms with E-state index in [4.69, 9.17) is 5.26 Å². The highest BCUT2D eigenvalue weighted by Crippen LogP contribution is 2.02. The molecule has 0 atom stereocenters. The van der Waals surface area contributed by atoms with Crippen molar-refractivity contribution < 1.29 is 19.3 Å². The smallest absolute Gasteiger partial charge is 0.293 e. The lowest BCUT2D eigenvalue weighted by Gasteiger charge is -2.14. The molecule has 0 aromatic heterocycles. The van der Waals surface area contributed by atoms with Crippen molar-refractivity contribution in [3.63, 3.8) is 0 Å². The summed E-state index contributed by atoms with van der Waals surface area (Å²) in [6.07, 6.45) is 1.26. The summed E-state index contributed by atoms with van der Waals surface area (Å²) in [4.78, 5) is 19.9. The molecule has 0 aliphatic rings. The number of hydrogen-bond donors (Lipinski definition) is 0. The first-order chi connectivity index (χ1) is 9.16. The Morgan fingerprint density at radius 3 is 1.55 bits per heavy atom. The molecule has 122 valence electrons. The highest BCUT2D eigenvalue weighted by molar-refractivity contribution is 5.37. The number of carbonyl (C=O) groups is 1. The molecule has 0 rings (SSSR count). The van der Waals surface area contributed by atoms with Crippen molar-refractivity contribution in [2.24, 2.45) is 0 Å².